The van der Waals surface area contributed by atoms with Crippen LogP contribution in [0.2, 0.25) is 0 Å². The zero-order chi connectivity index (χ0) is 25.0. The molecule has 8 nitrogen and oxygen atoms in total. The van der Waals surface area contributed by atoms with E-state index >= 15 is 0 Å². The molecule has 0 spiro atoms. The lowest BCUT2D eigenvalue weighted by Gasteiger charge is -2.31. The number of aryl methyl sites for hydroxylation is 2. The van der Waals surface area contributed by atoms with E-state index < -0.39 is 10.0 Å². The Balaban J connectivity index is 1.34. The molecule has 1 aliphatic heterocycles. The lowest BCUT2D eigenvalue weighted by Crippen LogP contribution is -2.38. The van der Waals surface area contributed by atoms with Gasteiger partial charge in [-0.1, -0.05) is 30.3 Å². The molecule has 4 heterocycles. The summed E-state index contributed by atoms with van der Waals surface area (Å²) < 4.78 is 30.4. The number of hydrogen-bond donors (Lipinski definition) is 2. The number of nitrogens with zero attached hydrogens (tertiary/aromatic N) is 4. The van der Waals surface area contributed by atoms with Gasteiger partial charge in [-0.05, 0) is 56.0 Å². The average Bonchev–Trinajstić information content (AvgIpc) is 3.48. The number of piperidine rings is 1. The third-order valence-corrected chi connectivity index (χ3v) is 9.22. The molecule has 184 valence electrons. The molecule has 36 heavy (non-hydrogen) atoms. The van der Waals surface area contributed by atoms with Crippen LogP contribution in [0.1, 0.15) is 35.7 Å². The van der Waals surface area contributed by atoms with Gasteiger partial charge in [0, 0.05) is 42.3 Å². The highest BCUT2D eigenvalue weighted by Crippen LogP contribution is 2.36. The van der Waals surface area contributed by atoms with E-state index in [9.17, 15) is 8.42 Å². The van der Waals surface area contributed by atoms with E-state index in [0.29, 0.717) is 36.6 Å². The molecule has 9 heteroatoms. The van der Waals surface area contributed by atoms with Crippen molar-refractivity contribution in [3.63, 3.8) is 0 Å². The van der Waals surface area contributed by atoms with Crippen LogP contribution in [0, 0.1) is 13.8 Å². The Kier molecular flexibility index (Phi) is 5.35. The summed E-state index contributed by atoms with van der Waals surface area (Å²) >= 11 is 0. The zero-order valence-corrected chi connectivity index (χ0v) is 21.1. The SMILES string of the molecule is Cc1ccc(C)c(S(=O)(=O)N2CCC(c3nc(-c4cc5ccccc5[nH]4)c4c(N)nccn34)CC2)c1. The van der Waals surface area contributed by atoms with Gasteiger partial charge in [-0.15, -0.1) is 0 Å². The highest BCUT2D eigenvalue weighted by Gasteiger charge is 2.33. The number of nitrogen functional groups attached to an aromatic ring is 1. The fourth-order valence-electron chi connectivity index (χ4n) is 5.24. The zero-order valence-electron chi connectivity index (χ0n) is 20.3. The second-order valence-corrected chi connectivity index (χ2v) is 11.5. The van der Waals surface area contributed by atoms with Gasteiger partial charge in [0.15, 0.2) is 0 Å². The van der Waals surface area contributed by atoms with Gasteiger partial charge in [0.25, 0.3) is 0 Å². The maximum atomic E-state index is 13.4. The van der Waals surface area contributed by atoms with E-state index in [1.165, 1.54) is 0 Å². The van der Waals surface area contributed by atoms with E-state index in [1.54, 1.807) is 16.6 Å². The third-order valence-electron chi connectivity index (χ3n) is 7.18. The summed E-state index contributed by atoms with van der Waals surface area (Å²) in [4.78, 5) is 13.2. The molecule has 1 saturated heterocycles. The van der Waals surface area contributed by atoms with Crippen LogP contribution in [0.3, 0.4) is 0 Å². The number of aromatic amines is 1. The highest BCUT2D eigenvalue weighted by molar-refractivity contribution is 7.89. The number of imidazole rings is 1. The second-order valence-electron chi connectivity index (χ2n) is 9.57. The van der Waals surface area contributed by atoms with Crippen molar-refractivity contribution >= 4 is 32.3 Å². The molecule has 1 aliphatic rings. The molecule has 5 aromatic rings. The first-order valence-corrected chi connectivity index (χ1v) is 13.5. The summed E-state index contributed by atoms with van der Waals surface area (Å²) in [7, 11) is -3.55. The van der Waals surface area contributed by atoms with Gasteiger partial charge in [-0.2, -0.15) is 4.31 Å². The van der Waals surface area contributed by atoms with E-state index in [2.05, 4.69) is 22.1 Å². The minimum absolute atomic E-state index is 0.0995. The Morgan fingerprint density at radius 3 is 2.61 bits per heavy atom. The van der Waals surface area contributed by atoms with Gasteiger partial charge in [0.2, 0.25) is 10.0 Å². The molecule has 0 unspecified atom stereocenters. The van der Waals surface area contributed by atoms with Crippen LogP contribution >= 0.6 is 0 Å². The molecular weight excluding hydrogens is 472 g/mol. The standard InChI is InChI=1S/C27H28N6O2S/c1-17-7-8-18(2)23(15-17)36(34,35)32-12-9-19(10-13-32)27-31-24(25-26(28)29-11-14-33(25)27)22-16-20-5-3-4-6-21(20)30-22/h3-8,11,14-16,19,30H,9-10,12-13H2,1-2H3,(H2,28,29). The number of para-hydroxylation sites is 1. The molecule has 0 atom stereocenters. The number of anilines is 1. The van der Waals surface area contributed by atoms with Gasteiger partial charge >= 0.3 is 0 Å². The minimum Gasteiger partial charge on any atom is -0.382 e. The number of fused-ring (bicyclic) bond motifs is 2. The number of nitrogens with two attached hydrogens (primary N) is 1. The number of benzene rings is 2. The predicted octanol–water partition coefficient (Wildman–Crippen LogP) is 4.64. The molecule has 1 fully saturated rings. The Morgan fingerprint density at radius 1 is 1.06 bits per heavy atom. The van der Waals surface area contributed by atoms with Gasteiger partial charge in [-0.3, -0.25) is 4.40 Å². The summed E-state index contributed by atoms with van der Waals surface area (Å²) in [6, 6.07) is 15.7. The number of sulfonamides is 1. The molecule has 0 saturated carbocycles. The first kappa shape index (κ1) is 22.8. The first-order valence-electron chi connectivity index (χ1n) is 12.1. The van der Waals surface area contributed by atoms with Crippen LogP contribution in [0.15, 0.2) is 65.8 Å². The van der Waals surface area contributed by atoms with Crippen molar-refractivity contribution in [1.29, 1.82) is 0 Å². The van der Waals surface area contributed by atoms with Crippen LogP contribution in [0.25, 0.3) is 27.8 Å². The fraction of sp³-hybridized carbons (Fsp3) is 0.259. The third kappa shape index (κ3) is 3.66. The normalized spacial score (nSPS) is 15.7. The number of nitrogens with one attached hydrogen (secondary N) is 1. The Bertz CT molecular complexity index is 1680. The van der Waals surface area contributed by atoms with Crippen LogP contribution in [0.4, 0.5) is 5.82 Å². The predicted molar refractivity (Wildman–Crippen MR) is 141 cm³/mol. The monoisotopic (exact) mass is 500 g/mol. The van der Waals surface area contributed by atoms with Crippen molar-refractivity contribution in [2.45, 2.75) is 37.5 Å². The lowest BCUT2D eigenvalue weighted by atomic mass is 9.97. The largest absolute Gasteiger partial charge is 0.382 e. The second kappa shape index (κ2) is 8.46. The fourth-order valence-corrected chi connectivity index (χ4v) is 7.02. The Morgan fingerprint density at radius 2 is 1.83 bits per heavy atom. The molecule has 6 rings (SSSR count). The van der Waals surface area contributed by atoms with Crippen molar-refractivity contribution in [3.8, 4) is 11.4 Å². The van der Waals surface area contributed by atoms with Crippen LogP contribution in [-0.2, 0) is 10.0 Å². The van der Waals surface area contributed by atoms with Gasteiger partial charge in [-0.25, -0.2) is 18.4 Å². The van der Waals surface area contributed by atoms with E-state index in [0.717, 1.165) is 44.8 Å². The minimum atomic E-state index is -3.55. The quantitative estimate of drug-likeness (QED) is 0.373. The van der Waals surface area contributed by atoms with Crippen LogP contribution < -0.4 is 5.73 Å². The van der Waals surface area contributed by atoms with Crippen molar-refractivity contribution in [1.82, 2.24) is 23.7 Å². The van der Waals surface area contributed by atoms with Gasteiger partial charge in [0.05, 0.1) is 10.6 Å². The maximum absolute atomic E-state index is 13.4. The Labute approximate surface area is 209 Å². The number of rotatable bonds is 4. The lowest BCUT2D eigenvalue weighted by molar-refractivity contribution is 0.313. The Hall–Kier alpha value is -3.69. The van der Waals surface area contributed by atoms with Crippen LogP contribution in [-0.4, -0.2) is 45.2 Å². The molecule has 0 aliphatic carbocycles. The van der Waals surface area contributed by atoms with Crippen molar-refractivity contribution in [2.24, 2.45) is 0 Å². The maximum Gasteiger partial charge on any atom is 0.243 e. The van der Waals surface area contributed by atoms with E-state index in [4.69, 9.17) is 10.7 Å². The van der Waals surface area contributed by atoms with Crippen molar-refractivity contribution in [3.05, 3.63) is 77.9 Å². The van der Waals surface area contributed by atoms with Gasteiger partial charge < -0.3 is 10.7 Å². The summed E-state index contributed by atoms with van der Waals surface area (Å²) in [6.07, 6.45) is 4.93. The molecule has 3 aromatic heterocycles. The molecule has 0 amide bonds. The molecular formula is C27H28N6O2S. The van der Waals surface area contributed by atoms with E-state index in [1.807, 2.05) is 54.8 Å². The van der Waals surface area contributed by atoms with Crippen molar-refractivity contribution in [2.75, 3.05) is 18.8 Å². The van der Waals surface area contributed by atoms with Crippen LogP contribution in [0.5, 0.6) is 0 Å². The summed E-state index contributed by atoms with van der Waals surface area (Å²) in [5.74, 6) is 1.40. The van der Waals surface area contributed by atoms with E-state index in [-0.39, 0.29) is 5.92 Å². The number of aromatic nitrogens is 4. The summed E-state index contributed by atoms with van der Waals surface area (Å²) in [6.45, 7) is 4.65. The molecule has 3 N–H and O–H groups in total. The molecule has 0 bridgehead atoms. The first-order chi connectivity index (χ1) is 17.3. The number of H-pyrrole nitrogens is 1. The summed E-state index contributed by atoms with van der Waals surface area (Å²) in [5.41, 5.74) is 11.5. The topological polar surface area (TPSA) is 109 Å². The number of hydrogen-bond acceptors (Lipinski definition) is 5. The summed E-state index contributed by atoms with van der Waals surface area (Å²) in [5, 5.41) is 1.10. The average molecular weight is 501 g/mol. The van der Waals surface area contributed by atoms with Gasteiger partial charge in [0.1, 0.15) is 22.9 Å². The molecule has 0 radical (unpaired) electrons. The molecule has 2 aromatic carbocycles. The highest BCUT2D eigenvalue weighted by atomic mass is 32.2. The smallest absolute Gasteiger partial charge is 0.243 e. The van der Waals surface area contributed by atoms with Crippen molar-refractivity contribution < 1.29 is 8.42 Å².